The van der Waals surface area contributed by atoms with Gasteiger partial charge in [0.2, 0.25) is 0 Å². The van der Waals surface area contributed by atoms with E-state index in [-0.39, 0.29) is 12.5 Å². The van der Waals surface area contributed by atoms with Crippen LogP contribution in [0.1, 0.15) is 41.5 Å². The molecule has 3 aromatic rings. The Morgan fingerprint density at radius 2 is 1.67 bits per heavy atom. The fourth-order valence-electron chi connectivity index (χ4n) is 4.25. The van der Waals surface area contributed by atoms with Crippen molar-refractivity contribution in [3.63, 3.8) is 0 Å². The van der Waals surface area contributed by atoms with Crippen LogP contribution in [0.5, 0.6) is 11.5 Å². The number of hydrogen-bond donors (Lipinski definition) is 0. The van der Waals surface area contributed by atoms with Gasteiger partial charge in [-0.15, -0.1) is 0 Å². The van der Waals surface area contributed by atoms with Crippen molar-refractivity contribution >= 4 is 11.6 Å². The lowest BCUT2D eigenvalue weighted by atomic mass is 10.0. The predicted molar refractivity (Wildman–Crippen MR) is 142 cm³/mol. The molecular formula is C30H34N2O4. The standard InChI is InChI=1S/C30H34N2O4/c1-23-19-26(13-16-29(23)35-22-30(33)32-17-7-4-8-18-32)28(20-24-9-5-3-6-10-24)31-36-21-25-11-14-27(34-2)15-12-25/h3,5-6,9-16,19H,4,7-8,17-18,20-22H2,1-2H3/b31-28+. The monoisotopic (exact) mass is 486 g/mol. The summed E-state index contributed by atoms with van der Waals surface area (Å²) in [7, 11) is 1.65. The lowest BCUT2D eigenvalue weighted by molar-refractivity contribution is -0.134. The zero-order valence-corrected chi connectivity index (χ0v) is 21.1. The third-order valence-corrected chi connectivity index (χ3v) is 6.35. The van der Waals surface area contributed by atoms with Crippen LogP contribution in [0.4, 0.5) is 0 Å². The molecule has 0 radical (unpaired) electrons. The van der Waals surface area contributed by atoms with Gasteiger partial charge in [-0.3, -0.25) is 4.79 Å². The van der Waals surface area contributed by atoms with E-state index in [1.165, 1.54) is 6.42 Å². The molecule has 0 aliphatic carbocycles. The Morgan fingerprint density at radius 1 is 0.917 bits per heavy atom. The molecule has 0 unspecified atom stereocenters. The van der Waals surface area contributed by atoms with Crippen LogP contribution >= 0.6 is 0 Å². The third kappa shape index (κ3) is 7.11. The van der Waals surface area contributed by atoms with Gasteiger partial charge >= 0.3 is 0 Å². The van der Waals surface area contributed by atoms with Crippen LogP contribution in [0.3, 0.4) is 0 Å². The highest BCUT2D eigenvalue weighted by molar-refractivity contribution is 6.01. The van der Waals surface area contributed by atoms with E-state index in [1.807, 2.05) is 72.5 Å². The van der Waals surface area contributed by atoms with E-state index in [4.69, 9.17) is 14.3 Å². The first-order chi connectivity index (χ1) is 17.6. The Kier molecular flexibility index (Phi) is 8.98. The van der Waals surface area contributed by atoms with Gasteiger partial charge in [-0.05, 0) is 73.2 Å². The Balaban J connectivity index is 1.45. The molecule has 1 heterocycles. The molecule has 0 saturated carbocycles. The maximum atomic E-state index is 12.5. The van der Waals surface area contributed by atoms with Crippen molar-refractivity contribution in [2.75, 3.05) is 26.8 Å². The minimum Gasteiger partial charge on any atom is -0.497 e. The summed E-state index contributed by atoms with van der Waals surface area (Å²) in [6.45, 7) is 4.08. The summed E-state index contributed by atoms with van der Waals surface area (Å²) in [6, 6.07) is 23.9. The molecule has 1 aliphatic heterocycles. The van der Waals surface area contributed by atoms with Crippen LogP contribution in [0.15, 0.2) is 78.0 Å². The molecule has 188 valence electrons. The van der Waals surface area contributed by atoms with Gasteiger partial charge in [-0.2, -0.15) is 0 Å². The minimum atomic E-state index is 0.0523. The lowest BCUT2D eigenvalue weighted by Crippen LogP contribution is -2.38. The Labute approximate surface area is 213 Å². The number of ether oxygens (including phenoxy) is 2. The molecule has 0 atom stereocenters. The normalized spacial score (nSPS) is 13.8. The number of rotatable bonds is 10. The lowest BCUT2D eigenvalue weighted by Gasteiger charge is -2.26. The van der Waals surface area contributed by atoms with Gasteiger partial charge in [0.05, 0.1) is 12.8 Å². The molecule has 3 aromatic carbocycles. The summed E-state index contributed by atoms with van der Waals surface area (Å²) < 4.78 is 11.1. The van der Waals surface area contributed by atoms with E-state index in [2.05, 4.69) is 17.3 Å². The number of amides is 1. The van der Waals surface area contributed by atoms with Crippen LogP contribution in [-0.4, -0.2) is 43.3 Å². The molecule has 0 aromatic heterocycles. The Morgan fingerprint density at radius 3 is 2.36 bits per heavy atom. The Hall–Kier alpha value is -3.80. The number of aryl methyl sites for hydroxylation is 1. The third-order valence-electron chi connectivity index (χ3n) is 6.35. The number of oxime groups is 1. The fraction of sp³-hybridized carbons (Fsp3) is 0.333. The first kappa shape index (κ1) is 25.3. The maximum absolute atomic E-state index is 12.5. The minimum absolute atomic E-state index is 0.0523. The summed E-state index contributed by atoms with van der Waals surface area (Å²) >= 11 is 0. The molecule has 1 aliphatic rings. The van der Waals surface area contributed by atoms with Crippen molar-refractivity contribution in [2.24, 2.45) is 5.16 Å². The molecule has 0 N–H and O–H groups in total. The zero-order valence-electron chi connectivity index (χ0n) is 21.1. The van der Waals surface area contributed by atoms with E-state index in [1.54, 1.807) is 7.11 Å². The van der Waals surface area contributed by atoms with Crippen LogP contribution in [-0.2, 0) is 22.7 Å². The molecule has 36 heavy (non-hydrogen) atoms. The number of hydrogen-bond acceptors (Lipinski definition) is 5. The summed E-state index contributed by atoms with van der Waals surface area (Å²) in [4.78, 5) is 20.2. The van der Waals surface area contributed by atoms with Crippen LogP contribution in [0.25, 0.3) is 0 Å². The number of carbonyl (C=O) groups is 1. The molecule has 0 bridgehead atoms. The number of methoxy groups -OCH3 is 1. The van der Waals surface area contributed by atoms with Crippen LogP contribution in [0.2, 0.25) is 0 Å². The predicted octanol–water partition coefficient (Wildman–Crippen LogP) is 5.56. The SMILES string of the molecule is COc1ccc(CO/N=C(\Cc2ccccc2)c2ccc(OCC(=O)N3CCCCC3)c(C)c2)cc1. The molecule has 1 fully saturated rings. The second kappa shape index (κ2) is 12.8. The largest absolute Gasteiger partial charge is 0.497 e. The van der Waals surface area contributed by atoms with E-state index >= 15 is 0 Å². The smallest absolute Gasteiger partial charge is 0.260 e. The second-order valence-corrected chi connectivity index (χ2v) is 9.03. The number of likely N-dealkylation sites (tertiary alicyclic amines) is 1. The summed E-state index contributed by atoms with van der Waals surface area (Å²) in [5.74, 6) is 1.57. The van der Waals surface area contributed by atoms with Crippen molar-refractivity contribution in [3.05, 3.63) is 95.1 Å². The van der Waals surface area contributed by atoms with E-state index < -0.39 is 0 Å². The van der Waals surface area contributed by atoms with Gasteiger partial charge in [0.15, 0.2) is 6.61 Å². The van der Waals surface area contributed by atoms with Crippen molar-refractivity contribution in [1.29, 1.82) is 0 Å². The van der Waals surface area contributed by atoms with Crippen LogP contribution in [0, 0.1) is 6.92 Å². The molecule has 6 heteroatoms. The molecule has 6 nitrogen and oxygen atoms in total. The van der Waals surface area contributed by atoms with E-state index in [0.29, 0.717) is 18.8 Å². The molecule has 1 saturated heterocycles. The Bertz CT molecular complexity index is 1150. The quantitative estimate of drug-likeness (QED) is 0.278. The average Bonchev–Trinajstić information content (AvgIpc) is 2.93. The van der Waals surface area contributed by atoms with E-state index in [0.717, 1.165) is 59.6 Å². The van der Waals surface area contributed by atoms with Gasteiger partial charge in [-0.1, -0.05) is 47.6 Å². The summed E-state index contributed by atoms with van der Waals surface area (Å²) in [5, 5.41) is 4.52. The first-order valence-corrected chi connectivity index (χ1v) is 12.5. The van der Waals surface area contributed by atoms with Gasteiger partial charge in [-0.25, -0.2) is 0 Å². The second-order valence-electron chi connectivity index (χ2n) is 9.03. The first-order valence-electron chi connectivity index (χ1n) is 12.5. The van der Waals surface area contributed by atoms with Crippen molar-refractivity contribution < 1.29 is 19.1 Å². The van der Waals surface area contributed by atoms with Crippen molar-refractivity contribution in [1.82, 2.24) is 4.90 Å². The molecular weight excluding hydrogens is 452 g/mol. The van der Waals surface area contributed by atoms with Crippen LogP contribution < -0.4 is 9.47 Å². The number of nitrogens with zero attached hydrogens (tertiary/aromatic N) is 2. The van der Waals surface area contributed by atoms with Gasteiger partial charge in [0.25, 0.3) is 5.91 Å². The highest BCUT2D eigenvalue weighted by Crippen LogP contribution is 2.22. The summed E-state index contributed by atoms with van der Waals surface area (Å²) in [6.07, 6.45) is 3.98. The molecule has 0 spiro atoms. The highest BCUT2D eigenvalue weighted by atomic mass is 16.6. The van der Waals surface area contributed by atoms with Gasteiger partial charge < -0.3 is 19.2 Å². The van der Waals surface area contributed by atoms with E-state index in [9.17, 15) is 4.79 Å². The average molecular weight is 487 g/mol. The molecule has 1 amide bonds. The zero-order chi connectivity index (χ0) is 25.2. The summed E-state index contributed by atoms with van der Waals surface area (Å²) in [5.41, 5.74) is 4.90. The number of carbonyl (C=O) groups excluding carboxylic acids is 1. The maximum Gasteiger partial charge on any atom is 0.260 e. The van der Waals surface area contributed by atoms with Crippen molar-refractivity contribution in [3.8, 4) is 11.5 Å². The molecule has 4 rings (SSSR count). The fourth-order valence-corrected chi connectivity index (χ4v) is 4.25. The highest BCUT2D eigenvalue weighted by Gasteiger charge is 2.17. The number of benzene rings is 3. The van der Waals surface area contributed by atoms with Gasteiger partial charge in [0, 0.05) is 25.1 Å². The topological polar surface area (TPSA) is 60.4 Å². The number of piperidine rings is 1. The van der Waals surface area contributed by atoms with Crippen molar-refractivity contribution in [2.45, 2.75) is 39.2 Å². The van der Waals surface area contributed by atoms with Gasteiger partial charge in [0.1, 0.15) is 18.1 Å².